The number of aliphatic hydroxyl groups excluding tert-OH is 1. The Kier molecular flexibility index (Phi) is 6.10. The summed E-state index contributed by atoms with van der Waals surface area (Å²) in [6, 6.07) is 15.4. The third kappa shape index (κ3) is 4.35. The van der Waals surface area contributed by atoms with Gasteiger partial charge >= 0.3 is 0 Å². The van der Waals surface area contributed by atoms with E-state index >= 15 is 0 Å². The molecule has 7 nitrogen and oxygen atoms in total. The molecule has 1 unspecified atom stereocenters. The predicted octanol–water partition coefficient (Wildman–Crippen LogP) is 3.41. The lowest BCUT2D eigenvalue weighted by Gasteiger charge is -2.40. The fourth-order valence-electron chi connectivity index (χ4n) is 4.44. The van der Waals surface area contributed by atoms with Crippen molar-refractivity contribution in [3.05, 3.63) is 95.8 Å². The second-order valence-corrected chi connectivity index (χ2v) is 8.06. The van der Waals surface area contributed by atoms with Crippen LogP contribution in [0.5, 0.6) is 0 Å². The molecule has 1 aliphatic rings. The summed E-state index contributed by atoms with van der Waals surface area (Å²) in [5.74, 6) is 0.301. The molecule has 1 saturated heterocycles. The molecule has 33 heavy (non-hydrogen) atoms. The first-order chi connectivity index (χ1) is 16.2. The summed E-state index contributed by atoms with van der Waals surface area (Å²) in [6.45, 7) is 2.87. The molecule has 168 valence electrons. The van der Waals surface area contributed by atoms with E-state index < -0.39 is 5.82 Å². The van der Waals surface area contributed by atoms with Crippen molar-refractivity contribution in [2.75, 3.05) is 31.1 Å². The second kappa shape index (κ2) is 9.48. The lowest BCUT2D eigenvalue weighted by molar-refractivity contribution is 0.212. The Morgan fingerprint density at radius 2 is 1.76 bits per heavy atom. The number of piperazine rings is 1. The van der Waals surface area contributed by atoms with Crippen molar-refractivity contribution in [1.82, 2.24) is 25.1 Å². The van der Waals surface area contributed by atoms with Crippen molar-refractivity contribution in [2.24, 2.45) is 0 Å². The summed E-state index contributed by atoms with van der Waals surface area (Å²) in [5.41, 5.74) is 3.92. The Morgan fingerprint density at radius 3 is 2.45 bits per heavy atom. The van der Waals surface area contributed by atoms with E-state index in [1.54, 1.807) is 24.5 Å². The fourth-order valence-corrected chi connectivity index (χ4v) is 4.44. The molecule has 0 amide bonds. The summed E-state index contributed by atoms with van der Waals surface area (Å²) in [7, 11) is 0. The molecule has 0 spiro atoms. The molecule has 1 aliphatic heterocycles. The Hall–Kier alpha value is -3.62. The van der Waals surface area contributed by atoms with E-state index in [1.807, 2.05) is 18.5 Å². The zero-order valence-corrected chi connectivity index (χ0v) is 18.1. The lowest BCUT2D eigenvalue weighted by atomic mass is 9.99. The van der Waals surface area contributed by atoms with Gasteiger partial charge in [-0.1, -0.05) is 42.5 Å². The normalized spacial score (nSPS) is 15.5. The van der Waals surface area contributed by atoms with E-state index in [-0.39, 0.29) is 18.2 Å². The third-order valence-electron chi connectivity index (χ3n) is 6.11. The van der Waals surface area contributed by atoms with Crippen molar-refractivity contribution in [1.29, 1.82) is 0 Å². The molecule has 3 heterocycles. The first-order valence-corrected chi connectivity index (χ1v) is 11.0. The summed E-state index contributed by atoms with van der Waals surface area (Å²) in [5, 5.41) is 16.4. The van der Waals surface area contributed by atoms with Gasteiger partial charge in [-0.2, -0.15) is 5.10 Å². The van der Waals surface area contributed by atoms with Crippen LogP contribution in [0.15, 0.2) is 73.3 Å². The molecule has 0 saturated carbocycles. The van der Waals surface area contributed by atoms with Crippen molar-refractivity contribution in [3.63, 3.8) is 0 Å². The maximum atomic E-state index is 14.3. The summed E-state index contributed by atoms with van der Waals surface area (Å²) >= 11 is 0. The number of aromatic nitrogens is 4. The van der Waals surface area contributed by atoms with Crippen LogP contribution in [-0.2, 0) is 6.61 Å². The van der Waals surface area contributed by atoms with Gasteiger partial charge in [0, 0.05) is 61.5 Å². The van der Waals surface area contributed by atoms with Gasteiger partial charge in [0.1, 0.15) is 11.5 Å². The molecule has 1 atom stereocenters. The van der Waals surface area contributed by atoms with Gasteiger partial charge in [0.15, 0.2) is 5.82 Å². The average Bonchev–Trinajstić information content (AvgIpc) is 3.40. The maximum Gasteiger partial charge on any atom is 0.155 e. The standard InChI is InChI=1S/C25H25FN6O/c26-22-14-19(6-7-20(22)17-33)23-25(28-9-8-27-23)32-12-10-31(11-13-32)24(21-15-29-30-16-21)18-4-2-1-3-5-18/h1-9,14-16,24,33H,10-13,17H2,(H,29,30). The molecule has 0 aliphatic carbocycles. The highest BCUT2D eigenvalue weighted by Gasteiger charge is 2.28. The van der Waals surface area contributed by atoms with Crippen LogP contribution in [0.4, 0.5) is 10.2 Å². The van der Waals surface area contributed by atoms with E-state index in [4.69, 9.17) is 0 Å². The van der Waals surface area contributed by atoms with Gasteiger partial charge in [-0.25, -0.2) is 9.37 Å². The first kappa shape index (κ1) is 21.2. The number of nitrogens with zero attached hydrogens (tertiary/aromatic N) is 5. The van der Waals surface area contributed by atoms with Crippen LogP contribution in [0.2, 0.25) is 0 Å². The van der Waals surface area contributed by atoms with E-state index in [2.05, 4.69) is 54.2 Å². The number of rotatable bonds is 6. The van der Waals surface area contributed by atoms with E-state index in [0.717, 1.165) is 37.6 Å². The van der Waals surface area contributed by atoms with Crippen LogP contribution in [0.3, 0.4) is 0 Å². The fraction of sp³-hybridized carbons (Fsp3) is 0.240. The van der Waals surface area contributed by atoms with Crippen molar-refractivity contribution in [3.8, 4) is 11.3 Å². The number of hydrogen-bond acceptors (Lipinski definition) is 6. The molecular formula is C25H25FN6O. The SMILES string of the molecule is OCc1ccc(-c2nccnc2N2CCN(C(c3ccccc3)c3cn[nH]c3)CC2)cc1F. The molecule has 4 aromatic rings. The number of anilines is 1. The Balaban J connectivity index is 1.38. The van der Waals surface area contributed by atoms with Gasteiger partial charge in [0.05, 0.1) is 18.8 Å². The molecule has 8 heteroatoms. The smallest absolute Gasteiger partial charge is 0.155 e. The highest BCUT2D eigenvalue weighted by Crippen LogP contribution is 2.32. The highest BCUT2D eigenvalue weighted by molar-refractivity contribution is 5.72. The molecule has 2 aromatic carbocycles. The first-order valence-electron chi connectivity index (χ1n) is 11.0. The van der Waals surface area contributed by atoms with Gasteiger partial charge < -0.3 is 10.0 Å². The van der Waals surface area contributed by atoms with E-state index in [1.165, 1.54) is 11.6 Å². The Labute approximate surface area is 191 Å². The van der Waals surface area contributed by atoms with Gasteiger partial charge in [-0.05, 0) is 11.6 Å². The minimum atomic E-state index is -0.442. The minimum Gasteiger partial charge on any atom is -0.392 e. The van der Waals surface area contributed by atoms with Gasteiger partial charge in [-0.3, -0.25) is 15.0 Å². The minimum absolute atomic E-state index is 0.119. The number of aliphatic hydroxyl groups is 1. The van der Waals surface area contributed by atoms with Crippen LogP contribution in [0, 0.1) is 5.82 Å². The number of H-pyrrole nitrogens is 1. The van der Waals surface area contributed by atoms with Crippen molar-refractivity contribution >= 4 is 5.82 Å². The monoisotopic (exact) mass is 444 g/mol. The third-order valence-corrected chi connectivity index (χ3v) is 6.11. The van der Waals surface area contributed by atoms with Crippen LogP contribution in [0.25, 0.3) is 11.3 Å². The van der Waals surface area contributed by atoms with E-state index in [0.29, 0.717) is 11.3 Å². The molecule has 2 N–H and O–H groups in total. The highest BCUT2D eigenvalue weighted by atomic mass is 19.1. The van der Waals surface area contributed by atoms with E-state index in [9.17, 15) is 9.50 Å². The lowest BCUT2D eigenvalue weighted by Crippen LogP contribution is -2.48. The Morgan fingerprint density at radius 1 is 0.970 bits per heavy atom. The zero-order valence-electron chi connectivity index (χ0n) is 18.1. The van der Waals surface area contributed by atoms with Gasteiger partial charge in [0.25, 0.3) is 0 Å². The van der Waals surface area contributed by atoms with Crippen molar-refractivity contribution in [2.45, 2.75) is 12.6 Å². The molecule has 2 aromatic heterocycles. The van der Waals surface area contributed by atoms with Crippen LogP contribution in [0.1, 0.15) is 22.7 Å². The molecular weight excluding hydrogens is 419 g/mol. The topological polar surface area (TPSA) is 81.2 Å². The number of aromatic amines is 1. The molecule has 5 rings (SSSR count). The number of nitrogens with one attached hydrogen (secondary N) is 1. The van der Waals surface area contributed by atoms with Crippen LogP contribution in [-0.4, -0.2) is 56.4 Å². The summed E-state index contributed by atoms with van der Waals surface area (Å²) in [6.07, 6.45) is 7.13. The summed E-state index contributed by atoms with van der Waals surface area (Å²) < 4.78 is 14.3. The van der Waals surface area contributed by atoms with Gasteiger partial charge in [-0.15, -0.1) is 0 Å². The quantitative estimate of drug-likeness (QED) is 0.474. The second-order valence-electron chi connectivity index (χ2n) is 8.06. The van der Waals surface area contributed by atoms with Crippen LogP contribution < -0.4 is 4.90 Å². The Bertz CT molecular complexity index is 1190. The molecule has 1 fully saturated rings. The number of halogens is 1. The van der Waals surface area contributed by atoms with Crippen molar-refractivity contribution < 1.29 is 9.50 Å². The largest absolute Gasteiger partial charge is 0.392 e. The molecule has 0 radical (unpaired) electrons. The predicted molar refractivity (Wildman–Crippen MR) is 124 cm³/mol. The van der Waals surface area contributed by atoms with Crippen LogP contribution >= 0.6 is 0 Å². The summed E-state index contributed by atoms with van der Waals surface area (Å²) in [4.78, 5) is 13.7. The zero-order chi connectivity index (χ0) is 22.6. The number of benzene rings is 2. The number of hydrogen-bond donors (Lipinski definition) is 2. The maximum absolute atomic E-state index is 14.3. The van der Waals surface area contributed by atoms with Gasteiger partial charge in [0.2, 0.25) is 0 Å². The molecule has 0 bridgehead atoms. The average molecular weight is 445 g/mol.